The smallest absolute Gasteiger partial charge is 0.330 e. The zero-order chi connectivity index (χ0) is 17.9. The van der Waals surface area contributed by atoms with Crippen LogP contribution in [-0.4, -0.2) is 35.9 Å². The second kappa shape index (κ2) is 5.78. The summed E-state index contributed by atoms with van der Waals surface area (Å²) in [5.74, 6) is -0.218. The van der Waals surface area contributed by atoms with Crippen LogP contribution in [0.2, 0.25) is 0 Å². The van der Waals surface area contributed by atoms with Gasteiger partial charge in [0.25, 0.3) is 0 Å². The lowest BCUT2D eigenvalue weighted by molar-refractivity contribution is -0.541. The van der Waals surface area contributed by atoms with Gasteiger partial charge in [0.1, 0.15) is 0 Å². The van der Waals surface area contributed by atoms with E-state index in [0.717, 1.165) is 25.7 Å². The topological polar surface area (TPSA) is 63.2 Å². The molecule has 1 spiro atoms. The summed E-state index contributed by atoms with van der Waals surface area (Å²) < 4.78 is 17.6. The van der Waals surface area contributed by atoms with E-state index >= 15 is 0 Å². The standard InChI is InChI=1S/C19H28O6/c1-5-21-15(20)9-10-17(3)14-7-6-12(2)13-8-11-18(4)23-16(22-17)19(13,14)25-24-18/h9-10,12-14,16H,5-8,11H2,1-4H3/b10-9-/t12-,13?,14+,16-,17-,18+,19-/m1/s1. The van der Waals surface area contributed by atoms with Crippen molar-refractivity contribution in [1.82, 2.24) is 0 Å². The molecule has 4 aliphatic heterocycles. The molecule has 7 atom stereocenters. The number of carbonyl (C=O) groups is 1. The minimum Gasteiger partial charge on any atom is -0.463 e. The van der Waals surface area contributed by atoms with Gasteiger partial charge in [-0.15, -0.1) is 0 Å². The van der Waals surface area contributed by atoms with Crippen LogP contribution in [0.15, 0.2) is 12.2 Å². The quantitative estimate of drug-likeness (QED) is 0.442. The second-order valence-corrected chi connectivity index (χ2v) is 8.24. The monoisotopic (exact) mass is 352 g/mol. The van der Waals surface area contributed by atoms with Crippen molar-refractivity contribution >= 4 is 5.97 Å². The number of hydrogen-bond acceptors (Lipinski definition) is 6. The Morgan fingerprint density at radius 1 is 1.20 bits per heavy atom. The molecule has 1 unspecified atom stereocenters. The molecule has 4 heterocycles. The average Bonchev–Trinajstić information content (AvgIpc) is 2.66. The van der Waals surface area contributed by atoms with Gasteiger partial charge in [-0.2, -0.15) is 0 Å². The first-order valence-corrected chi connectivity index (χ1v) is 9.41. The Bertz CT molecular complexity index is 590. The highest BCUT2D eigenvalue weighted by Gasteiger charge is 2.73. The SMILES string of the molecule is CCOC(=O)/C=C\[C@@]1(C)O[C@@H]2O[C@]3(C)CCC4[C@H](C)CC[C@@H]1[C@]42OO3. The Labute approximate surface area is 148 Å². The number of esters is 1. The third kappa shape index (κ3) is 2.49. The van der Waals surface area contributed by atoms with Gasteiger partial charge in [-0.25, -0.2) is 14.6 Å². The van der Waals surface area contributed by atoms with Gasteiger partial charge in [-0.1, -0.05) is 6.92 Å². The fraction of sp³-hybridized carbons (Fsp3) is 0.842. The van der Waals surface area contributed by atoms with E-state index in [1.165, 1.54) is 6.08 Å². The van der Waals surface area contributed by atoms with Crippen molar-refractivity contribution in [2.45, 2.75) is 76.7 Å². The van der Waals surface area contributed by atoms with Crippen LogP contribution in [0.4, 0.5) is 0 Å². The molecule has 25 heavy (non-hydrogen) atoms. The van der Waals surface area contributed by atoms with Crippen molar-refractivity contribution in [3.05, 3.63) is 12.2 Å². The minimum atomic E-state index is -0.770. The van der Waals surface area contributed by atoms with Crippen molar-refractivity contribution in [2.24, 2.45) is 17.8 Å². The lowest BCUT2D eigenvalue weighted by Crippen LogP contribution is -2.61. The van der Waals surface area contributed by atoms with E-state index in [0.29, 0.717) is 18.4 Å². The number of carbonyl (C=O) groups excluding carboxylic acids is 1. The van der Waals surface area contributed by atoms with E-state index in [1.54, 1.807) is 6.92 Å². The van der Waals surface area contributed by atoms with Crippen LogP contribution in [0.1, 0.15) is 53.4 Å². The van der Waals surface area contributed by atoms with Gasteiger partial charge in [0.15, 0.2) is 11.9 Å². The molecule has 1 aliphatic carbocycles. The van der Waals surface area contributed by atoms with Crippen LogP contribution in [0, 0.1) is 17.8 Å². The maximum absolute atomic E-state index is 11.8. The van der Waals surface area contributed by atoms with Gasteiger partial charge in [0.05, 0.1) is 12.2 Å². The van der Waals surface area contributed by atoms with Gasteiger partial charge in [0, 0.05) is 18.4 Å². The predicted molar refractivity (Wildman–Crippen MR) is 88.1 cm³/mol. The van der Waals surface area contributed by atoms with Crippen LogP contribution in [0.25, 0.3) is 0 Å². The van der Waals surface area contributed by atoms with E-state index in [-0.39, 0.29) is 11.9 Å². The largest absolute Gasteiger partial charge is 0.463 e. The molecule has 1 saturated carbocycles. The molecule has 6 nitrogen and oxygen atoms in total. The molecule has 2 bridgehead atoms. The van der Waals surface area contributed by atoms with Gasteiger partial charge >= 0.3 is 5.97 Å². The fourth-order valence-electron chi connectivity index (χ4n) is 5.33. The third-order valence-electron chi connectivity index (χ3n) is 6.61. The van der Waals surface area contributed by atoms with Gasteiger partial charge < -0.3 is 14.2 Å². The summed E-state index contributed by atoms with van der Waals surface area (Å²) in [6.45, 7) is 8.34. The van der Waals surface area contributed by atoms with Gasteiger partial charge in [-0.05, 0) is 57.9 Å². The van der Waals surface area contributed by atoms with Crippen LogP contribution >= 0.6 is 0 Å². The van der Waals surface area contributed by atoms with Gasteiger partial charge in [0.2, 0.25) is 5.79 Å². The average molecular weight is 352 g/mol. The number of ether oxygens (including phenoxy) is 3. The molecular formula is C19H28O6. The van der Waals surface area contributed by atoms with E-state index in [4.69, 9.17) is 24.0 Å². The van der Waals surface area contributed by atoms with Gasteiger partial charge in [-0.3, -0.25) is 0 Å². The Morgan fingerprint density at radius 2 is 2.00 bits per heavy atom. The van der Waals surface area contributed by atoms with Crippen molar-refractivity contribution in [2.75, 3.05) is 6.61 Å². The maximum Gasteiger partial charge on any atom is 0.330 e. The summed E-state index contributed by atoms with van der Waals surface area (Å²) in [7, 11) is 0. The minimum absolute atomic E-state index is 0.0690. The van der Waals surface area contributed by atoms with Crippen LogP contribution in [0.5, 0.6) is 0 Å². The van der Waals surface area contributed by atoms with Crippen molar-refractivity contribution < 1.29 is 28.8 Å². The number of fused-ring (bicyclic) bond motifs is 2. The first kappa shape index (κ1) is 17.5. The van der Waals surface area contributed by atoms with E-state index in [1.807, 2.05) is 19.9 Å². The zero-order valence-corrected chi connectivity index (χ0v) is 15.4. The molecule has 5 rings (SSSR count). The van der Waals surface area contributed by atoms with Crippen molar-refractivity contribution in [1.29, 1.82) is 0 Å². The molecule has 5 aliphatic rings. The second-order valence-electron chi connectivity index (χ2n) is 8.24. The lowest BCUT2D eigenvalue weighted by atomic mass is 9.60. The Kier molecular flexibility index (Phi) is 4.03. The Morgan fingerprint density at radius 3 is 2.76 bits per heavy atom. The first-order chi connectivity index (χ1) is 11.8. The number of rotatable bonds is 3. The van der Waals surface area contributed by atoms with Crippen LogP contribution < -0.4 is 0 Å². The molecule has 4 saturated heterocycles. The molecule has 6 heteroatoms. The maximum atomic E-state index is 11.8. The Balaban J connectivity index is 1.70. The van der Waals surface area contributed by atoms with Crippen LogP contribution in [-0.2, 0) is 28.8 Å². The highest BCUT2D eigenvalue weighted by Crippen LogP contribution is 2.63. The fourth-order valence-corrected chi connectivity index (χ4v) is 5.33. The zero-order valence-electron chi connectivity index (χ0n) is 15.4. The summed E-state index contributed by atoms with van der Waals surface area (Å²) in [4.78, 5) is 23.6. The predicted octanol–water partition coefficient (Wildman–Crippen LogP) is 3.11. The summed E-state index contributed by atoms with van der Waals surface area (Å²) >= 11 is 0. The molecule has 140 valence electrons. The van der Waals surface area contributed by atoms with E-state index in [2.05, 4.69) is 6.92 Å². The normalized spacial score (nSPS) is 51.4. The van der Waals surface area contributed by atoms with Crippen LogP contribution in [0.3, 0.4) is 0 Å². The Hall–Kier alpha value is -0.950. The molecule has 0 aromatic heterocycles. The van der Waals surface area contributed by atoms with E-state index < -0.39 is 23.3 Å². The molecule has 0 amide bonds. The molecule has 0 radical (unpaired) electrons. The van der Waals surface area contributed by atoms with Crippen molar-refractivity contribution in [3.63, 3.8) is 0 Å². The first-order valence-electron chi connectivity index (χ1n) is 9.41. The summed E-state index contributed by atoms with van der Waals surface area (Å²) in [5.41, 5.74) is -1.26. The molecule has 0 N–H and O–H groups in total. The summed E-state index contributed by atoms with van der Waals surface area (Å²) in [5, 5.41) is 0. The summed E-state index contributed by atoms with van der Waals surface area (Å²) in [6.07, 6.45) is 6.64. The molecule has 0 aromatic rings. The molecule has 5 fully saturated rings. The lowest BCUT2D eigenvalue weighted by Gasteiger charge is -2.50. The highest BCUT2D eigenvalue weighted by molar-refractivity contribution is 5.82. The third-order valence-corrected chi connectivity index (χ3v) is 6.61. The summed E-state index contributed by atoms with van der Waals surface area (Å²) in [6, 6.07) is 0. The molecule has 0 aromatic carbocycles. The number of hydrogen-bond donors (Lipinski definition) is 0. The highest BCUT2D eigenvalue weighted by atomic mass is 17.3. The molecular weight excluding hydrogens is 324 g/mol. The van der Waals surface area contributed by atoms with E-state index in [9.17, 15) is 4.79 Å². The van der Waals surface area contributed by atoms with Crippen molar-refractivity contribution in [3.8, 4) is 0 Å².